The number of fused-ring (bicyclic) bond motifs is 1. The fourth-order valence-electron chi connectivity index (χ4n) is 4.01. The maximum absolute atomic E-state index is 14.8. The lowest BCUT2D eigenvalue weighted by Gasteiger charge is -2.31. The minimum Gasteiger partial charge on any atom is -0.341 e. The van der Waals surface area contributed by atoms with E-state index in [1.807, 2.05) is 12.4 Å². The van der Waals surface area contributed by atoms with E-state index in [0.717, 1.165) is 66.6 Å². The molecule has 35 heavy (non-hydrogen) atoms. The Kier molecular flexibility index (Phi) is 6.41. The van der Waals surface area contributed by atoms with Gasteiger partial charge >= 0.3 is 0 Å². The van der Waals surface area contributed by atoms with Crippen molar-refractivity contribution in [2.45, 2.75) is 41.4 Å². The maximum atomic E-state index is 14.8. The van der Waals surface area contributed by atoms with Gasteiger partial charge in [-0.05, 0) is 43.0 Å². The van der Waals surface area contributed by atoms with Gasteiger partial charge in [0, 0.05) is 37.0 Å². The molecule has 1 saturated heterocycles. The van der Waals surface area contributed by atoms with Gasteiger partial charge in [0.1, 0.15) is 22.9 Å². The fourth-order valence-corrected chi connectivity index (χ4v) is 5.78. The third-order valence-electron chi connectivity index (χ3n) is 6.01. The summed E-state index contributed by atoms with van der Waals surface area (Å²) >= 11 is 1.67. The van der Waals surface area contributed by atoms with Crippen LogP contribution in [0.5, 0.6) is 0 Å². The molecule has 182 valence electrons. The zero-order valence-corrected chi connectivity index (χ0v) is 20.9. The Hall–Kier alpha value is -3.12. The Bertz CT molecular complexity index is 1470. The van der Waals surface area contributed by atoms with Crippen LogP contribution in [0.1, 0.15) is 25.3 Å². The van der Waals surface area contributed by atoms with E-state index in [9.17, 15) is 12.8 Å². The molecule has 1 aliphatic rings. The summed E-state index contributed by atoms with van der Waals surface area (Å²) in [4.78, 5) is 19.9. The number of benzene rings is 1. The predicted molar refractivity (Wildman–Crippen MR) is 132 cm³/mol. The molecule has 0 saturated carbocycles. The number of aryl methyl sites for hydroxylation is 1. The van der Waals surface area contributed by atoms with Crippen LogP contribution in [0.15, 0.2) is 53.0 Å². The van der Waals surface area contributed by atoms with Gasteiger partial charge in [-0.15, -0.1) is 11.8 Å². The summed E-state index contributed by atoms with van der Waals surface area (Å²) in [7, 11) is -3.51. The molecule has 0 N–H and O–H groups in total. The Morgan fingerprint density at radius 1 is 1.09 bits per heavy atom. The van der Waals surface area contributed by atoms with Gasteiger partial charge in [0.25, 0.3) is 0 Å². The van der Waals surface area contributed by atoms with Crippen molar-refractivity contribution < 1.29 is 12.8 Å². The van der Waals surface area contributed by atoms with Gasteiger partial charge in [0.05, 0.1) is 16.5 Å². The van der Waals surface area contributed by atoms with Crippen LogP contribution in [0.3, 0.4) is 0 Å². The van der Waals surface area contributed by atoms with Gasteiger partial charge < -0.3 is 4.90 Å². The Balaban J connectivity index is 1.33. The van der Waals surface area contributed by atoms with Crippen molar-refractivity contribution in [3.63, 3.8) is 0 Å². The van der Waals surface area contributed by atoms with Crippen LogP contribution in [0.2, 0.25) is 0 Å². The molecule has 1 aromatic carbocycles. The highest BCUT2D eigenvalue weighted by atomic mass is 32.2. The molecule has 0 unspecified atom stereocenters. The molecule has 12 heteroatoms. The second kappa shape index (κ2) is 9.50. The smallest absolute Gasteiger partial charge is 0.225 e. The topological polar surface area (TPSA) is 107 Å². The number of nitrogens with zero attached hydrogens (tertiary/aromatic N) is 7. The molecule has 4 aromatic rings. The molecule has 1 aliphatic heterocycles. The number of anilines is 1. The van der Waals surface area contributed by atoms with Crippen LogP contribution in [-0.2, 0) is 16.3 Å². The van der Waals surface area contributed by atoms with Gasteiger partial charge in [-0.3, -0.25) is 0 Å². The summed E-state index contributed by atoms with van der Waals surface area (Å²) in [5.41, 5.74) is 1.72. The summed E-state index contributed by atoms with van der Waals surface area (Å²) in [6, 6.07) is 3.77. The highest BCUT2D eigenvalue weighted by molar-refractivity contribution is 8.00. The zero-order chi connectivity index (χ0) is 24.6. The van der Waals surface area contributed by atoms with Crippen molar-refractivity contribution in [3.8, 4) is 5.69 Å². The van der Waals surface area contributed by atoms with Gasteiger partial charge in [-0.1, -0.05) is 6.92 Å². The molecule has 0 bridgehead atoms. The molecular weight excluding hydrogens is 489 g/mol. The second-order valence-corrected chi connectivity index (χ2v) is 11.7. The van der Waals surface area contributed by atoms with Gasteiger partial charge in [-0.25, -0.2) is 37.4 Å². The first-order valence-corrected chi connectivity index (χ1v) is 14.0. The lowest BCUT2D eigenvalue weighted by atomic mass is 10.1. The van der Waals surface area contributed by atoms with Gasteiger partial charge in [-0.2, -0.15) is 5.10 Å². The first-order valence-electron chi connectivity index (χ1n) is 11.2. The zero-order valence-electron chi connectivity index (χ0n) is 19.3. The molecule has 9 nitrogen and oxygen atoms in total. The Morgan fingerprint density at radius 2 is 1.83 bits per heavy atom. The number of aromatic nitrogens is 6. The number of piperidine rings is 1. The van der Waals surface area contributed by atoms with E-state index in [-0.39, 0.29) is 10.6 Å². The molecule has 1 fully saturated rings. The fraction of sp³-hybridized carbons (Fsp3) is 0.348. The van der Waals surface area contributed by atoms with Crippen molar-refractivity contribution in [2.75, 3.05) is 24.2 Å². The normalized spacial score (nSPS) is 15.1. The van der Waals surface area contributed by atoms with E-state index < -0.39 is 15.7 Å². The molecule has 0 atom stereocenters. The minimum atomic E-state index is -3.51. The van der Waals surface area contributed by atoms with Crippen LogP contribution in [0.4, 0.5) is 10.3 Å². The molecular formula is C23H24FN7O2S2. The number of halogens is 1. The van der Waals surface area contributed by atoms with Crippen LogP contribution in [0, 0.1) is 5.82 Å². The van der Waals surface area contributed by atoms with E-state index in [2.05, 4.69) is 36.9 Å². The lowest BCUT2D eigenvalue weighted by molar-refractivity contribution is 0.580. The van der Waals surface area contributed by atoms with Gasteiger partial charge in [0.2, 0.25) is 5.95 Å². The summed E-state index contributed by atoms with van der Waals surface area (Å²) in [5.74, 6) is 0.0765. The van der Waals surface area contributed by atoms with Crippen LogP contribution < -0.4 is 4.90 Å². The molecule has 0 spiro atoms. The number of hydrogen-bond acceptors (Lipinski definition) is 9. The molecule has 0 amide bonds. The number of thioether (sulfide) groups is 1. The molecule has 4 heterocycles. The van der Waals surface area contributed by atoms with Crippen molar-refractivity contribution in [3.05, 3.63) is 54.5 Å². The maximum Gasteiger partial charge on any atom is 0.225 e. The van der Waals surface area contributed by atoms with Crippen molar-refractivity contribution >= 4 is 38.6 Å². The average molecular weight is 514 g/mol. The van der Waals surface area contributed by atoms with Crippen molar-refractivity contribution in [2.24, 2.45) is 0 Å². The van der Waals surface area contributed by atoms with E-state index in [0.29, 0.717) is 10.9 Å². The number of sulfone groups is 1. The summed E-state index contributed by atoms with van der Waals surface area (Å²) < 4.78 is 39.6. The van der Waals surface area contributed by atoms with Crippen LogP contribution >= 0.6 is 11.8 Å². The van der Waals surface area contributed by atoms with Crippen molar-refractivity contribution in [1.82, 2.24) is 29.7 Å². The first-order chi connectivity index (χ1) is 16.8. The Morgan fingerprint density at radius 3 is 2.49 bits per heavy atom. The third-order valence-corrected chi connectivity index (χ3v) is 8.47. The lowest BCUT2D eigenvalue weighted by Crippen LogP contribution is -2.35. The molecule has 0 radical (unpaired) electrons. The first kappa shape index (κ1) is 23.6. The predicted octanol–water partition coefficient (Wildman–Crippen LogP) is 3.47. The van der Waals surface area contributed by atoms with E-state index in [4.69, 9.17) is 0 Å². The number of rotatable bonds is 6. The molecule has 3 aromatic heterocycles. The van der Waals surface area contributed by atoms with E-state index >= 15 is 0 Å². The van der Waals surface area contributed by atoms with E-state index in [1.54, 1.807) is 18.0 Å². The third kappa shape index (κ3) is 4.85. The summed E-state index contributed by atoms with van der Waals surface area (Å²) in [6.07, 6.45) is 10.7. The molecule has 0 aliphatic carbocycles. The summed E-state index contributed by atoms with van der Waals surface area (Å²) in [5, 5.41) is 6.19. The minimum absolute atomic E-state index is 0.0841. The highest BCUT2D eigenvalue weighted by Crippen LogP contribution is 2.34. The quantitative estimate of drug-likeness (QED) is 0.358. The van der Waals surface area contributed by atoms with Crippen molar-refractivity contribution in [1.29, 1.82) is 0 Å². The second-order valence-electron chi connectivity index (χ2n) is 8.41. The Labute approximate surface area is 206 Å². The summed E-state index contributed by atoms with van der Waals surface area (Å²) in [6.45, 7) is 3.79. The van der Waals surface area contributed by atoms with Gasteiger partial charge in [0.15, 0.2) is 15.5 Å². The van der Waals surface area contributed by atoms with E-state index in [1.165, 1.54) is 23.1 Å². The largest absolute Gasteiger partial charge is 0.341 e. The molecule has 5 rings (SSSR count). The average Bonchev–Trinajstić information content (AvgIpc) is 3.29. The number of hydrogen-bond donors (Lipinski definition) is 0. The van der Waals surface area contributed by atoms with Crippen LogP contribution in [-0.4, -0.2) is 62.7 Å². The SMILES string of the molecule is CCc1cnc(N2CCC(Sc3ncnc4c3cnn4-c3ccc(S(C)(=O)=O)cc3F)CC2)nc1. The monoisotopic (exact) mass is 513 g/mol. The standard InChI is InChI=1S/C23H24FN7O2S2/c1-3-15-11-25-23(26-12-15)30-8-6-16(7-9-30)34-22-18-13-29-31(21(18)27-14-28-22)20-5-4-17(10-19(20)24)35(2,32)33/h4-5,10-14,16H,3,6-9H2,1-2H3. The highest BCUT2D eigenvalue weighted by Gasteiger charge is 2.24. The van der Waals surface area contributed by atoms with Crippen LogP contribution in [0.25, 0.3) is 16.7 Å².